The monoisotopic (exact) mass is 253 g/mol. The quantitative estimate of drug-likeness (QED) is 0.811. The Hall–Kier alpha value is -1.39. The van der Waals surface area contributed by atoms with Crippen molar-refractivity contribution in [2.75, 3.05) is 0 Å². The van der Waals surface area contributed by atoms with E-state index in [1.807, 2.05) is 13.8 Å². The van der Waals surface area contributed by atoms with Gasteiger partial charge in [0, 0.05) is 12.8 Å². The number of carbonyl (C=O) groups excluding carboxylic acids is 1. The van der Waals surface area contributed by atoms with E-state index in [4.69, 9.17) is 4.52 Å². The highest BCUT2D eigenvalue weighted by atomic mass is 16.5. The second-order valence-corrected chi connectivity index (χ2v) is 4.68. The minimum absolute atomic E-state index is 0.0343. The maximum absolute atomic E-state index is 12.0. The van der Waals surface area contributed by atoms with Crippen molar-refractivity contribution in [2.24, 2.45) is 5.92 Å². The standard InChI is InChI=1S/C13H23N3O2/c1-5-7-8-9(3)13(17)15-11(6-2)12-14-10(4)18-16-12/h9,11H,5-8H2,1-4H3,(H,15,17)/t9-,11-/m1/s1. The van der Waals surface area contributed by atoms with Gasteiger partial charge in [0.25, 0.3) is 0 Å². The van der Waals surface area contributed by atoms with Crippen molar-refractivity contribution >= 4 is 5.91 Å². The molecule has 1 amide bonds. The third kappa shape index (κ3) is 4.13. The van der Waals surface area contributed by atoms with Crippen LogP contribution in [0.25, 0.3) is 0 Å². The topological polar surface area (TPSA) is 68.0 Å². The van der Waals surface area contributed by atoms with Crippen LogP contribution in [0.15, 0.2) is 4.52 Å². The molecule has 5 nitrogen and oxygen atoms in total. The van der Waals surface area contributed by atoms with Gasteiger partial charge >= 0.3 is 0 Å². The smallest absolute Gasteiger partial charge is 0.223 e. The zero-order chi connectivity index (χ0) is 13.5. The van der Waals surface area contributed by atoms with Crippen molar-refractivity contribution in [1.82, 2.24) is 15.5 Å². The summed E-state index contributed by atoms with van der Waals surface area (Å²) in [6, 6.07) is -0.154. The predicted molar refractivity (Wildman–Crippen MR) is 68.9 cm³/mol. The van der Waals surface area contributed by atoms with Crippen LogP contribution >= 0.6 is 0 Å². The molecular weight excluding hydrogens is 230 g/mol. The lowest BCUT2D eigenvalue weighted by Gasteiger charge is -2.17. The molecule has 0 aliphatic carbocycles. The zero-order valence-electron chi connectivity index (χ0n) is 11.7. The molecule has 1 heterocycles. The molecular formula is C13H23N3O2. The summed E-state index contributed by atoms with van der Waals surface area (Å²) in [7, 11) is 0. The minimum Gasteiger partial charge on any atom is -0.346 e. The van der Waals surface area contributed by atoms with E-state index in [1.165, 1.54) is 0 Å². The lowest BCUT2D eigenvalue weighted by Crippen LogP contribution is -2.33. The van der Waals surface area contributed by atoms with Gasteiger partial charge in [0.05, 0.1) is 6.04 Å². The van der Waals surface area contributed by atoms with Crippen LogP contribution < -0.4 is 5.32 Å². The van der Waals surface area contributed by atoms with Crippen LogP contribution in [-0.4, -0.2) is 16.0 Å². The van der Waals surface area contributed by atoms with E-state index < -0.39 is 0 Å². The number of rotatable bonds is 7. The molecule has 0 fully saturated rings. The molecule has 0 bridgehead atoms. The summed E-state index contributed by atoms with van der Waals surface area (Å²) in [5.41, 5.74) is 0. The van der Waals surface area contributed by atoms with Gasteiger partial charge in [-0.3, -0.25) is 4.79 Å². The average molecular weight is 253 g/mol. The summed E-state index contributed by atoms with van der Waals surface area (Å²) in [5.74, 6) is 1.19. The highest BCUT2D eigenvalue weighted by Gasteiger charge is 2.20. The average Bonchev–Trinajstić information content (AvgIpc) is 2.79. The summed E-state index contributed by atoms with van der Waals surface area (Å²) < 4.78 is 4.94. The van der Waals surface area contributed by atoms with Crippen LogP contribution in [0.3, 0.4) is 0 Å². The number of nitrogens with zero attached hydrogens (tertiary/aromatic N) is 2. The Morgan fingerprint density at radius 2 is 2.17 bits per heavy atom. The number of unbranched alkanes of at least 4 members (excludes halogenated alkanes) is 1. The molecule has 18 heavy (non-hydrogen) atoms. The number of aromatic nitrogens is 2. The molecule has 0 spiro atoms. The van der Waals surface area contributed by atoms with Gasteiger partial charge in [0.15, 0.2) is 5.82 Å². The third-order valence-electron chi connectivity index (χ3n) is 3.02. The van der Waals surface area contributed by atoms with Crippen molar-refractivity contribution in [3.8, 4) is 0 Å². The fraction of sp³-hybridized carbons (Fsp3) is 0.769. The molecule has 1 N–H and O–H groups in total. The van der Waals surface area contributed by atoms with Crippen LogP contribution in [0.4, 0.5) is 0 Å². The van der Waals surface area contributed by atoms with Gasteiger partial charge in [0.2, 0.25) is 11.8 Å². The van der Waals surface area contributed by atoms with Gasteiger partial charge in [-0.1, -0.05) is 38.8 Å². The second kappa shape index (κ2) is 7.13. The largest absolute Gasteiger partial charge is 0.346 e. The first kappa shape index (κ1) is 14.7. The van der Waals surface area contributed by atoms with Crippen molar-refractivity contribution in [3.05, 3.63) is 11.7 Å². The molecule has 1 aromatic heterocycles. The Balaban J connectivity index is 2.55. The molecule has 102 valence electrons. The summed E-state index contributed by atoms with van der Waals surface area (Å²) in [4.78, 5) is 16.2. The second-order valence-electron chi connectivity index (χ2n) is 4.68. The number of nitrogens with one attached hydrogen (secondary N) is 1. The highest BCUT2D eigenvalue weighted by Crippen LogP contribution is 2.15. The van der Waals surface area contributed by atoms with E-state index in [1.54, 1.807) is 6.92 Å². The SMILES string of the molecule is CCCC[C@@H](C)C(=O)N[C@H](CC)c1noc(C)n1. The molecule has 2 atom stereocenters. The van der Waals surface area contributed by atoms with E-state index in [9.17, 15) is 4.79 Å². The van der Waals surface area contributed by atoms with Crippen LogP contribution in [0.5, 0.6) is 0 Å². The molecule has 0 aromatic carbocycles. The lowest BCUT2D eigenvalue weighted by atomic mass is 10.0. The zero-order valence-corrected chi connectivity index (χ0v) is 11.7. The molecule has 0 saturated carbocycles. The molecule has 1 aromatic rings. The normalized spacial score (nSPS) is 14.2. The van der Waals surface area contributed by atoms with Gasteiger partial charge in [0.1, 0.15) is 0 Å². The van der Waals surface area contributed by atoms with E-state index in [0.29, 0.717) is 11.7 Å². The van der Waals surface area contributed by atoms with Gasteiger partial charge < -0.3 is 9.84 Å². The fourth-order valence-electron chi connectivity index (χ4n) is 1.76. The Bertz CT molecular complexity index is 376. The van der Waals surface area contributed by atoms with Gasteiger partial charge in [-0.25, -0.2) is 0 Å². The van der Waals surface area contributed by atoms with E-state index >= 15 is 0 Å². The Labute approximate surface area is 108 Å². The van der Waals surface area contributed by atoms with E-state index in [-0.39, 0.29) is 17.9 Å². The van der Waals surface area contributed by atoms with Crippen molar-refractivity contribution in [1.29, 1.82) is 0 Å². The van der Waals surface area contributed by atoms with Crippen LogP contribution in [-0.2, 0) is 4.79 Å². The maximum Gasteiger partial charge on any atom is 0.223 e. The molecule has 1 rings (SSSR count). The summed E-state index contributed by atoms with van der Waals surface area (Å²) in [6.45, 7) is 7.82. The van der Waals surface area contributed by atoms with Gasteiger partial charge in [-0.2, -0.15) is 4.98 Å². The first-order valence-corrected chi connectivity index (χ1v) is 6.69. The first-order valence-electron chi connectivity index (χ1n) is 6.69. The van der Waals surface area contributed by atoms with Crippen LogP contribution in [0, 0.1) is 12.8 Å². The maximum atomic E-state index is 12.0. The summed E-state index contributed by atoms with van der Waals surface area (Å²) in [5, 5.41) is 6.84. The molecule has 0 radical (unpaired) electrons. The molecule has 5 heteroatoms. The first-order chi connectivity index (χ1) is 8.58. The van der Waals surface area contributed by atoms with Crippen molar-refractivity contribution in [2.45, 2.75) is 59.4 Å². The fourth-order valence-corrected chi connectivity index (χ4v) is 1.76. The summed E-state index contributed by atoms with van der Waals surface area (Å²) in [6.07, 6.45) is 3.86. The highest BCUT2D eigenvalue weighted by molar-refractivity contribution is 5.78. The molecule has 0 unspecified atom stereocenters. The van der Waals surface area contributed by atoms with Crippen LogP contribution in [0.1, 0.15) is 64.2 Å². The molecule has 0 saturated heterocycles. The Morgan fingerprint density at radius 3 is 2.67 bits per heavy atom. The minimum atomic E-state index is -0.154. The van der Waals surface area contributed by atoms with Crippen molar-refractivity contribution in [3.63, 3.8) is 0 Å². The van der Waals surface area contributed by atoms with E-state index in [2.05, 4.69) is 22.4 Å². The Kier molecular flexibility index (Phi) is 5.82. The molecule has 0 aliphatic heterocycles. The van der Waals surface area contributed by atoms with Gasteiger partial charge in [-0.05, 0) is 12.8 Å². The summed E-state index contributed by atoms with van der Waals surface area (Å²) >= 11 is 0. The van der Waals surface area contributed by atoms with Crippen molar-refractivity contribution < 1.29 is 9.32 Å². The van der Waals surface area contributed by atoms with Gasteiger partial charge in [-0.15, -0.1) is 0 Å². The number of amides is 1. The Morgan fingerprint density at radius 1 is 1.44 bits per heavy atom. The number of hydrogen-bond acceptors (Lipinski definition) is 4. The lowest BCUT2D eigenvalue weighted by molar-refractivity contribution is -0.125. The number of hydrogen-bond donors (Lipinski definition) is 1. The number of aryl methyl sites for hydroxylation is 1. The third-order valence-corrected chi connectivity index (χ3v) is 3.02. The van der Waals surface area contributed by atoms with E-state index in [0.717, 1.165) is 25.7 Å². The predicted octanol–water partition coefficient (Wildman–Crippen LogP) is 2.77. The number of carbonyl (C=O) groups is 1. The van der Waals surface area contributed by atoms with Crippen LogP contribution in [0.2, 0.25) is 0 Å². The molecule has 0 aliphatic rings.